The molecule has 0 radical (unpaired) electrons. The van der Waals surface area contributed by atoms with Gasteiger partial charge in [0.05, 0.1) is 24.7 Å². The van der Waals surface area contributed by atoms with E-state index in [2.05, 4.69) is 25.3 Å². The molecule has 1 aliphatic rings. The fraction of sp³-hybridized carbons (Fsp3) is 0.167. The Hall–Kier alpha value is -3.42. The number of aromatic nitrogens is 2. The Balaban J connectivity index is 1.98. The van der Waals surface area contributed by atoms with Gasteiger partial charge in [0.15, 0.2) is 0 Å². The van der Waals surface area contributed by atoms with Crippen LogP contribution in [0, 0.1) is 12.7 Å². The van der Waals surface area contributed by atoms with E-state index < -0.39 is 11.9 Å². The van der Waals surface area contributed by atoms with Gasteiger partial charge in [-0.25, -0.2) is 14.2 Å². The molecule has 8 heteroatoms. The fourth-order valence-corrected chi connectivity index (χ4v) is 2.64. The van der Waals surface area contributed by atoms with Crippen LogP contribution < -0.4 is 10.6 Å². The Morgan fingerprint density at radius 2 is 2.23 bits per heavy atom. The van der Waals surface area contributed by atoms with Gasteiger partial charge in [-0.1, -0.05) is 12.2 Å². The van der Waals surface area contributed by atoms with Crippen molar-refractivity contribution in [2.75, 3.05) is 19.0 Å². The monoisotopic (exact) mass is 356 g/mol. The molecular formula is C18H17FN4O3. The molecule has 1 aromatic carbocycles. The van der Waals surface area contributed by atoms with Gasteiger partial charge >= 0.3 is 6.09 Å². The van der Waals surface area contributed by atoms with Crippen molar-refractivity contribution in [2.24, 2.45) is 0 Å². The number of nitrogens with one attached hydrogen (secondary N) is 3. The number of alkyl carbamates (subject to hydrolysis) is 1. The zero-order valence-electron chi connectivity index (χ0n) is 14.2. The number of benzene rings is 1. The van der Waals surface area contributed by atoms with Crippen LogP contribution in [0.1, 0.15) is 22.5 Å². The van der Waals surface area contributed by atoms with Gasteiger partial charge in [-0.15, -0.1) is 0 Å². The lowest BCUT2D eigenvalue weighted by atomic mass is 9.98. The average Bonchev–Trinajstić information content (AvgIpc) is 3.17. The highest BCUT2D eigenvalue weighted by atomic mass is 19.1. The molecule has 1 aliphatic heterocycles. The molecule has 0 aliphatic carbocycles. The van der Waals surface area contributed by atoms with Crippen LogP contribution >= 0.6 is 0 Å². The molecule has 0 saturated heterocycles. The van der Waals surface area contributed by atoms with Crippen LogP contribution in [0.2, 0.25) is 0 Å². The predicted octanol–water partition coefficient (Wildman–Crippen LogP) is 2.72. The molecule has 2 amide bonds. The number of rotatable bonds is 4. The zero-order valence-corrected chi connectivity index (χ0v) is 14.2. The number of amides is 2. The van der Waals surface area contributed by atoms with Crippen LogP contribution in [0.3, 0.4) is 0 Å². The van der Waals surface area contributed by atoms with Gasteiger partial charge in [0.25, 0.3) is 5.91 Å². The predicted molar refractivity (Wildman–Crippen MR) is 95.7 cm³/mol. The van der Waals surface area contributed by atoms with Gasteiger partial charge in [0.2, 0.25) is 0 Å². The highest BCUT2D eigenvalue weighted by molar-refractivity contribution is 6.35. The van der Waals surface area contributed by atoms with Crippen LogP contribution in [0.15, 0.2) is 24.5 Å². The molecule has 7 nitrogen and oxygen atoms in total. The summed E-state index contributed by atoms with van der Waals surface area (Å²) in [6.45, 7) is 1.99. The minimum absolute atomic E-state index is 0.161. The first-order valence-electron chi connectivity index (χ1n) is 7.85. The molecule has 0 unspecified atom stereocenters. The van der Waals surface area contributed by atoms with Gasteiger partial charge in [0.1, 0.15) is 5.82 Å². The van der Waals surface area contributed by atoms with E-state index in [1.807, 2.05) is 6.92 Å². The third kappa shape index (κ3) is 3.34. The number of H-pyrrole nitrogens is 1. The number of carbonyl (C=O) groups excluding carboxylic acids is 2. The van der Waals surface area contributed by atoms with E-state index in [1.165, 1.54) is 31.6 Å². The topological polar surface area (TPSA) is 96.1 Å². The second-order valence-corrected chi connectivity index (χ2v) is 5.58. The first kappa shape index (κ1) is 17.4. The summed E-state index contributed by atoms with van der Waals surface area (Å²) in [6, 6.07) is 2.81. The van der Waals surface area contributed by atoms with E-state index in [-0.39, 0.29) is 18.0 Å². The molecule has 1 aromatic heterocycles. The van der Waals surface area contributed by atoms with Crippen LogP contribution in [0.25, 0.3) is 17.7 Å². The smallest absolute Gasteiger partial charge is 0.407 e. The number of halogens is 1. The van der Waals surface area contributed by atoms with Gasteiger partial charge < -0.3 is 20.4 Å². The Morgan fingerprint density at radius 1 is 1.42 bits per heavy atom. The van der Waals surface area contributed by atoms with Crippen LogP contribution in [-0.2, 0) is 9.53 Å². The molecule has 3 rings (SSSR count). The maximum atomic E-state index is 14.4. The van der Waals surface area contributed by atoms with Gasteiger partial charge in [0, 0.05) is 29.1 Å². The minimum atomic E-state index is -0.583. The van der Waals surface area contributed by atoms with Gasteiger partial charge in [-0.3, -0.25) is 4.79 Å². The van der Waals surface area contributed by atoms with Gasteiger partial charge in [-0.05, 0) is 25.1 Å². The summed E-state index contributed by atoms with van der Waals surface area (Å²) in [4.78, 5) is 30.5. The lowest BCUT2D eigenvalue weighted by Gasteiger charge is -2.06. The van der Waals surface area contributed by atoms with Crippen molar-refractivity contribution in [3.05, 3.63) is 52.9 Å². The number of hydrogen-bond acceptors (Lipinski definition) is 4. The molecule has 0 bridgehead atoms. The Labute approximate surface area is 149 Å². The molecular weight excluding hydrogens is 339 g/mol. The van der Waals surface area contributed by atoms with Crippen molar-refractivity contribution in [2.45, 2.75) is 6.92 Å². The standard InChI is InChI=1S/C18H17FN4O3/c1-10-15(22-9-21-10)8-12-16-11(4-3-7-20-18(25)26-2)13(19)5-6-14(16)23-17(12)24/h3-6,8-9H,7H2,1-2H3,(H,20,25)(H,21,22)(H,23,24). The summed E-state index contributed by atoms with van der Waals surface area (Å²) >= 11 is 0. The third-order valence-electron chi connectivity index (χ3n) is 3.94. The SMILES string of the molecule is COC(=O)NCC=Cc1c(F)ccc2c1C(=Cc1nc[nH]c1C)C(=O)N2. The molecule has 0 fully saturated rings. The van der Waals surface area contributed by atoms with E-state index in [0.29, 0.717) is 22.5 Å². The summed E-state index contributed by atoms with van der Waals surface area (Å²) in [5, 5.41) is 5.20. The number of imidazole rings is 1. The maximum Gasteiger partial charge on any atom is 0.407 e. The lowest BCUT2D eigenvalue weighted by Crippen LogP contribution is -2.22. The van der Waals surface area contributed by atoms with Crippen molar-refractivity contribution >= 4 is 35.4 Å². The number of nitrogens with zero attached hydrogens (tertiary/aromatic N) is 1. The van der Waals surface area contributed by atoms with Crippen molar-refractivity contribution in [1.82, 2.24) is 15.3 Å². The number of ether oxygens (including phenoxy) is 1. The Kier molecular flexibility index (Phi) is 4.83. The number of hydrogen-bond donors (Lipinski definition) is 3. The molecule has 0 saturated carbocycles. The number of aryl methyl sites for hydroxylation is 1. The van der Waals surface area contributed by atoms with E-state index >= 15 is 0 Å². The largest absolute Gasteiger partial charge is 0.453 e. The summed E-state index contributed by atoms with van der Waals surface area (Å²) < 4.78 is 18.9. The van der Waals surface area contributed by atoms with Crippen molar-refractivity contribution in [3.63, 3.8) is 0 Å². The van der Waals surface area contributed by atoms with Gasteiger partial charge in [-0.2, -0.15) is 0 Å². The summed E-state index contributed by atoms with van der Waals surface area (Å²) in [6.07, 6.45) is 5.67. The second kappa shape index (κ2) is 7.22. The molecule has 2 aromatic rings. The number of aromatic amines is 1. The Morgan fingerprint density at radius 3 is 2.92 bits per heavy atom. The van der Waals surface area contributed by atoms with Crippen LogP contribution in [0.5, 0.6) is 0 Å². The number of methoxy groups -OCH3 is 1. The number of anilines is 1. The molecule has 3 N–H and O–H groups in total. The Bertz CT molecular complexity index is 931. The first-order valence-corrected chi connectivity index (χ1v) is 7.85. The quantitative estimate of drug-likeness (QED) is 0.734. The van der Waals surface area contributed by atoms with Crippen molar-refractivity contribution in [1.29, 1.82) is 0 Å². The fourth-order valence-electron chi connectivity index (χ4n) is 2.64. The van der Waals surface area contributed by atoms with Crippen molar-refractivity contribution < 1.29 is 18.7 Å². The second-order valence-electron chi connectivity index (χ2n) is 5.58. The molecule has 2 heterocycles. The van der Waals surface area contributed by atoms with E-state index in [9.17, 15) is 14.0 Å². The lowest BCUT2D eigenvalue weighted by molar-refractivity contribution is -0.110. The minimum Gasteiger partial charge on any atom is -0.453 e. The molecule has 0 atom stereocenters. The number of carbonyl (C=O) groups is 2. The average molecular weight is 356 g/mol. The van der Waals surface area contributed by atoms with E-state index in [1.54, 1.807) is 12.2 Å². The van der Waals surface area contributed by atoms with Crippen molar-refractivity contribution in [3.8, 4) is 0 Å². The summed E-state index contributed by atoms with van der Waals surface area (Å²) in [5.41, 5.74) is 2.98. The highest BCUT2D eigenvalue weighted by Gasteiger charge is 2.28. The zero-order chi connectivity index (χ0) is 18.7. The first-order chi connectivity index (χ1) is 12.5. The summed E-state index contributed by atoms with van der Waals surface area (Å²) in [5.74, 6) is -0.797. The maximum absolute atomic E-state index is 14.4. The molecule has 0 spiro atoms. The molecule has 26 heavy (non-hydrogen) atoms. The number of fused-ring (bicyclic) bond motifs is 1. The molecule has 134 valence electrons. The van der Waals surface area contributed by atoms with Crippen LogP contribution in [0.4, 0.5) is 14.9 Å². The van der Waals surface area contributed by atoms with E-state index in [0.717, 1.165) is 5.69 Å². The normalized spacial score (nSPS) is 14.6. The summed E-state index contributed by atoms with van der Waals surface area (Å²) in [7, 11) is 1.26. The van der Waals surface area contributed by atoms with Crippen LogP contribution in [-0.4, -0.2) is 35.6 Å². The highest BCUT2D eigenvalue weighted by Crippen LogP contribution is 2.37. The third-order valence-corrected chi connectivity index (χ3v) is 3.94. The van der Waals surface area contributed by atoms with E-state index in [4.69, 9.17) is 0 Å².